The highest BCUT2D eigenvalue weighted by atomic mass is 16.5. The van der Waals surface area contributed by atoms with Gasteiger partial charge < -0.3 is 19.8 Å². The highest BCUT2D eigenvalue weighted by Gasteiger charge is 2.23. The van der Waals surface area contributed by atoms with E-state index in [0.29, 0.717) is 17.9 Å². The molecule has 0 fully saturated rings. The second kappa shape index (κ2) is 12.0. The minimum absolute atomic E-state index is 0.0672. The Bertz CT molecular complexity index is 1500. The minimum atomic E-state index is -0.805. The van der Waals surface area contributed by atoms with E-state index in [-0.39, 0.29) is 24.7 Å². The molecule has 1 unspecified atom stereocenters. The van der Waals surface area contributed by atoms with Gasteiger partial charge in [0.2, 0.25) is 0 Å². The number of ketones is 1. The number of H-pyrrole nitrogens is 1. The van der Waals surface area contributed by atoms with Crippen molar-refractivity contribution in [3.63, 3.8) is 0 Å². The van der Waals surface area contributed by atoms with Gasteiger partial charge >= 0.3 is 0 Å². The number of rotatable bonds is 11. The maximum atomic E-state index is 13.4. The smallest absolute Gasteiger partial charge is 0.252 e. The van der Waals surface area contributed by atoms with Crippen LogP contribution in [0.15, 0.2) is 115 Å². The number of aromatic nitrogens is 1. The first-order valence-corrected chi connectivity index (χ1v) is 12.5. The van der Waals surface area contributed by atoms with E-state index in [9.17, 15) is 9.59 Å². The fourth-order valence-corrected chi connectivity index (χ4v) is 4.23. The van der Waals surface area contributed by atoms with Gasteiger partial charge in [0.05, 0.1) is 13.2 Å². The molecule has 1 heterocycles. The summed E-state index contributed by atoms with van der Waals surface area (Å²) in [6.45, 7) is 0.414. The lowest BCUT2D eigenvalue weighted by Crippen LogP contribution is -2.44. The van der Waals surface area contributed by atoms with E-state index in [1.165, 1.54) is 0 Å². The van der Waals surface area contributed by atoms with Gasteiger partial charge in [0.15, 0.2) is 5.78 Å². The van der Waals surface area contributed by atoms with Gasteiger partial charge in [0, 0.05) is 29.1 Å². The molecule has 38 heavy (non-hydrogen) atoms. The van der Waals surface area contributed by atoms with E-state index < -0.39 is 6.04 Å². The van der Waals surface area contributed by atoms with Crippen LogP contribution in [0.1, 0.15) is 21.5 Å². The van der Waals surface area contributed by atoms with Crippen LogP contribution < -0.4 is 10.1 Å². The SMILES string of the molecule is O=C(NC(COCc1ccccc1)C(=O)Cc1ccc(Oc2ccccc2)cc1)c1cccc2[nH]ccc12. The summed E-state index contributed by atoms with van der Waals surface area (Å²) in [4.78, 5) is 29.7. The van der Waals surface area contributed by atoms with Crippen molar-refractivity contribution in [3.05, 3.63) is 132 Å². The van der Waals surface area contributed by atoms with Crippen molar-refractivity contribution in [2.45, 2.75) is 19.1 Å². The zero-order valence-corrected chi connectivity index (χ0v) is 20.8. The standard InChI is InChI=1S/C32H28N2O4/c35-31(20-23-14-16-26(17-15-23)38-25-10-5-2-6-11-25)30(22-37-21-24-8-3-1-4-9-24)34-32(36)28-12-7-13-29-27(28)18-19-33-29/h1-19,30,33H,20-22H2,(H,34,36). The van der Waals surface area contributed by atoms with Gasteiger partial charge in [0.1, 0.15) is 17.5 Å². The summed E-state index contributed by atoms with van der Waals surface area (Å²) in [6.07, 6.45) is 1.94. The maximum absolute atomic E-state index is 13.4. The third kappa shape index (κ3) is 6.35. The van der Waals surface area contributed by atoms with Crippen LogP contribution in [0.25, 0.3) is 10.9 Å². The molecule has 0 aliphatic carbocycles. The Labute approximate surface area is 221 Å². The molecule has 5 aromatic rings. The molecule has 1 atom stereocenters. The Morgan fingerprint density at radius 1 is 0.737 bits per heavy atom. The Kier molecular flexibility index (Phi) is 7.92. The molecule has 0 bridgehead atoms. The first kappa shape index (κ1) is 25.0. The molecule has 5 rings (SSSR count). The molecule has 4 aromatic carbocycles. The van der Waals surface area contributed by atoms with Gasteiger partial charge in [-0.15, -0.1) is 0 Å². The number of para-hydroxylation sites is 1. The second-order valence-electron chi connectivity index (χ2n) is 8.97. The Balaban J connectivity index is 1.27. The van der Waals surface area contributed by atoms with Crippen molar-refractivity contribution < 1.29 is 19.1 Å². The lowest BCUT2D eigenvalue weighted by atomic mass is 10.0. The largest absolute Gasteiger partial charge is 0.457 e. The lowest BCUT2D eigenvalue weighted by Gasteiger charge is -2.19. The normalized spacial score (nSPS) is 11.7. The molecule has 190 valence electrons. The number of carbonyl (C=O) groups excluding carboxylic acids is 2. The lowest BCUT2D eigenvalue weighted by molar-refractivity contribution is -0.121. The van der Waals surface area contributed by atoms with E-state index >= 15 is 0 Å². The summed E-state index contributed by atoms with van der Waals surface area (Å²) in [5.74, 6) is 0.975. The molecule has 0 saturated carbocycles. The molecule has 0 spiro atoms. The number of carbonyl (C=O) groups is 2. The number of benzene rings is 4. The van der Waals surface area contributed by atoms with E-state index in [1.807, 2.05) is 103 Å². The van der Waals surface area contributed by atoms with Gasteiger partial charge in [-0.1, -0.05) is 66.7 Å². The topological polar surface area (TPSA) is 80.4 Å². The monoisotopic (exact) mass is 504 g/mol. The van der Waals surface area contributed by atoms with E-state index in [0.717, 1.165) is 27.8 Å². The maximum Gasteiger partial charge on any atom is 0.252 e. The molecular formula is C32H28N2O4. The zero-order chi connectivity index (χ0) is 26.2. The van der Waals surface area contributed by atoms with Crippen molar-refractivity contribution in [1.82, 2.24) is 10.3 Å². The summed E-state index contributed by atoms with van der Waals surface area (Å²) in [5, 5.41) is 3.71. The highest BCUT2D eigenvalue weighted by molar-refractivity contribution is 6.07. The average Bonchev–Trinajstić information content (AvgIpc) is 3.44. The third-order valence-electron chi connectivity index (χ3n) is 6.21. The van der Waals surface area contributed by atoms with Crippen LogP contribution in [0, 0.1) is 0 Å². The van der Waals surface area contributed by atoms with Crippen LogP contribution in [-0.2, 0) is 22.6 Å². The van der Waals surface area contributed by atoms with Crippen molar-refractivity contribution in [3.8, 4) is 11.5 Å². The number of ether oxygens (including phenoxy) is 2. The van der Waals surface area contributed by atoms with Gasteiger partial charge in [-0.05, 0) is 53.6 Å². The van der Waals surface area contributed by atoms with Gasteiger partial charge in [-0.25, -0.2) is 0 Å². The van der Waals surface area contributed by atoms with Crippen molar-refractivity contribution in [2.24, 2.45) is 0 Å². The summed E-state index contributed by atoms with van der Waals surface area (Å²) in [5.41, 5.74) is 3.19. The van der Waals surface area contributed by atoms with Crippen LogP contribution in [0.3, 0.4) is 0 Å². The number of amides is 1. The average molecular weight is 505 g/mol. The van der Waals surface area contributed by atoms with Crippen molar-refractivity contribution in [1.29, 1.82) is 0 Å². The molecule has 0 saturated heterocycles. The number of Topliss-reactive ketones (excluding diaryl/α,β-unsaturated/α-hetero) is 1. The first-order valence-electron chi connectivity index (χ1n) is 12.5. The fourth-order valence-electron chi connectivity index (χ4n) is 4.23. The first-order chi connectivity index (χ1) is 18.7. The Hall–Kier alpha value is -4.68. The van der Waals surface area contributed by atoms with Crippen LogP contribution in [0.4, 0.5) is 0 Å². The van der Waals surface area contributed by atoms with Crippen LogP contribution >= 0.6 is 0 Å². The number of hydrogen-bond donors (Lipinski definition) is 2. The predicted octanol–water partition coefficient (Wildman–Crippen LogP) is 6.09. The predicted molar refractivity (Wildman–Crippen MR) is 147 cm³/mol. The number of fused-ring (bicyclic) bond motifs is 1. The molecular weight excluding hydrogens is 476 g/mol. The number of aromatic amines is 1. The molecule has 0 aliphatic heterocycles. The van der Waals surface area contributed by atoms with Gasteiger partial charge in [0.25, 0.3) is 5.91 Å². The summed E-state index contributed by atoms with van der Waals surface area (Å²) >= 11 is 0. The Morgan fingerprint density at radius 2 is 1.45 bits per heavy atom. The molecule has 0 aliphatic rings. The van der Waals surface area contributed by atoms with Crippen molar-refractivity contribution >= 4 is 22.6 Å². The number of hydrogen-bond acceptors (Lipinski definition) is 4. The zero-order valence-electron chi connectivity index (χ0n) is 20.8. The molecule has 6 nitrogen and oxygen atoms in total. The number of nitrogens with one attached hydrogen (secondary N) is 2. The van der Waals surface area contributed by atoms with Crippen LogP contribution in [0.2, 0.25) is 0 Å². The Morgan fingerprint density at radius 3 is 2.21 bits per heavy atom. The highest BCUT2D eigenvalue weighted by Crippen LogP contribution is 2.22. The molecule has 6 heteroatoms. The second-order valence-corrected chi connectivity index (χ2v) is 8.97. The van der Waals surface area contributed by atoms with Gasteiger partial charge in [-0.3, -0.25) is 9.59 Å². The summed E-state index contributed by atoms with van der Waals surface area (Å²) in [7, 11) is 0. The molecule has 1 amide bonds. The summed E-state index contributed by atoms with van der Waals surface area (Å²) in [6, 6.07) is 33.2. The minimum Gasteiger partial charge on any atom is -0.457 e. The van der Waals surface area contributed by atoms with Gasteiger partial charge in [-0.2, -0.15) is 0 Å². The van der Waals surface area contributed by atoms with Crippen LogP contribution in [0.5, 0.6) is 11.5 Å². The summed E-state index contributed by atoms with van der Waals surface area (Å²) < 4.78 is 11.7. The molecule has 1 aromatic heterocycles. The van der Waals surface area contributed by atoms with Crippen LogP contribution in [-0.4, -0.2) is 29.3 Å². The molecule has 0 radical (unpaired) electrons. The quantitative estimate of drug-likeness (QED) is 0.228. The van der Waals surface area contributed by atoms with E-state index in [4.69, 9.17) is 9.47 Å². The third-order valence-corrected chi connectivity index (χ3v) is 6.21. The molecule has 2 N–H and O–H groups in total. The van der Waals surface area contributed by atoms with E-state index in [2.05, 4.69) is 10.3 Å². The van der Waals surface area contributed by atoms with E-state index in [1.54, 1.807) is 12.3 Å². The van der Waals surface area contributed by atoms with Crippen molar-refractivity contribution in [2.75, 3.05) is 6.61 Å². The fraction of sp³-hybridized carbons (Fsp3) is 0.125.